The van der Waals surface area contributed by atoms with Crippen LogP contribution in [0.5, 0.6) is 0 Å². The number of nitrogens with zero attached hydrogens (tertiary/aromatic N) is 2. The van der Waals surface area contributed by atoms with Gasteiger partial charge in [-0.3, -0.25) is 0 Å². The standard InChI is InChI=1S/C21H14N2/c1-2-9-17-16(5-1)13-22-23-21(17)19-12-11-15-7-3-6-14-8-4-10-18(19)20(14)15/h1-13,19H. The molecule has 0 fully saturated rings. The lowest BCUT2D eigenvalue weighted by Crippen LogP contribution is -2.07. The summed E-state index contributed by atoms with van der Waals surface area (Å²) in [6, 6.07) is 21.3. The van der Waals surface area contributed by atoms with Crippen molar-refractivity contribution in [1.29, 1.82) is 0 Å². The fraction of sp³-hybridized carbons (Fsp3) is 0.0476. The normalized spacial score (nSPS) is 16.1. The minimum absolute atomic E-state index is 0.146. The molecule has 1 aliphatic carbocycles. The van der Waals surface area contributed by atoms with Gasteiger partial charge in [0.2, 0.25) is 0 Å². The van der Waals surface area contributed by atoms with Gasteiger partial charge < -0.3 is 0 Å². The van der Waals surface area contributed by atoms with Crippen molar-refractivity contribution in [3.8, 4) is 0 Å². The molecule has 4 aromatic rings. The summed E-state index contributed by atoms with van der Waals surface area (Å²) < 4.78 is 0. The first-order valence-electron chi connectivity index (χ1n) is 7.82. The van der Waals surface area contributed by atoms with E-state index in [1.165, 1.54) is 27.3 Å². The molecule has 108 valence electrons. The summed E-state index contributed by atoms with van der Waals surface area (Å²) in [5, 5.41) is 13.6. The van der Waals surface area contributed by atoms with Gasteiger partial charge >= 0.3 is 0 Å². The van der Waals surface area contributed by atoms with Crippen molar-refractivity contribution in [3.05, 3.63) is 89.8 Å². The van der Waals surface area contributed by atoms with Crippen LogP contribution in [0.3, 0.4) is 0 Å². The molecule has 1 aromatic heterocycles. The monoisotopic (exact) mass is 294 g/mol. The van der Waals surface area contributed by atoms with Crippen molar-refractivity contribution in [2.24, 2.45) is 0 Å². The Bertz CT molecular complexity index is 1070. The zero-order valence-electron chi connectivity index (χ0n) is 12.5. The Morgan fingerprint density at radius 2 is 1.61 bits per heavy atom. The molecule has 5 rings (SSSR count). The van der Waals surface area contributed by atoms with Crippen molar-refractivity contribution in [1.82, 2.24) is 10.2 Å². The first-order chi connectivity index (χ1) is 11.4. The summed E-state index contributed by atoms with van der Waals surface area (Å²) in [5.41, 5.74) is 3.62. The summed E-state index contributed by atoms with van der Waals surface area (Å²) in [4.78, 5) is 0. The van der Waals surface area contributed by atoms with Crippen molar-refractivity contribution in [2.75, 3.05) is 0 Å². The second-order valence-corrected chi connectivity index (χ2v) is 5.95. The van der Waals surface area contributed by atoms with E-state index in [4.69, 9.17) is 0 Å². The number of allylic oxidation sites excluding steroid dienone is 1. The highest BCUT2D eigenvalue weighted by atomic mass is 15.1. The van der Waals surface area contributed by atoms with E-state index in [0.29, 0.717) is 0 Å². The average molecular weight is 294 g/mol. The lowest BCUT2D eigenvalue weighted by Gasteiger charge is -2.21. The molecule has 0 N–H and O–H groups in total. The summed E-state index contributed by atoms with van der Waals surface area (Å²) in [6.45, 7) is 0. The number of aromatic nitrogens is 2. The molecule has 0 amide bonds. The highest BCUT2D eigenvalue weighted by Gasteiger charge is 2.22. The van der Waals surface area contributed by atoms with Crippen LogP contribution in [0.1, 0.15) is 22.7 Å². The van der Waals surface area contributed by atoms with Gasteiger partial charge in [0.05, 0.1) is 11.9 Å². The zero-order chi connectivity index (χ0) is 15.2. The third-order valence-electron chi connectivity index (χ3n) is 4.67. The largest absolute Gasteiger partial charge is 0.158 e. The molecule has 23 heavy (non-hydrogen) atoms. The quantitative estimate of drug-likeness (QED) is 0.497. The van der Waals surface area contributed by atoms with E-state index in [0.717, 1.165) is 11.1 Å². The van der Waals surface area contributed by atoms with Crippen LogP contribution in [-0.2, 0) is 0 Å². The van der Waals surface area contributed by atoms with E-state index >= 15 is 0 Å². The zero-order valence-corrected chi connectivity index (χ0v) is 12.5. The molecule has 0 radical (unpaired) electrons. The van der Waals surface area contributed by atoms with Gasteiger partial charge in [0.1, 0.15) is 0 Å². The van der Waals surface area contributed by atoms with E-state index in [1.54, 1.807) is 0 Å². The highest BCUT2D eigenvalue weighted by Crippen LogP contribution is 2.39. The SMILES string of the molecule is C1=CC(c2nncc3ccccc23)c2cccc3cccc1c23. The number of hydrogen-bond acceptors (Lipinski definition) is 2. The van der Waals surface area contributed by atoms with E-state index in [9.17, 15) is 0 Å². The number of hydrogen-bond donors (Lipinski definition) is 0. The van der Waals surface area contributed by atoms with E-state index in [1.807, 2.05) is 12.3 Å². The molecular formula is C21H14N2. The van der Waals surface area contributed by atoms with Crippen LogP contribution >= 0.6 is 0 Å². The summed E-state index contributed by atoms with van der Waals surface area (Å²) >= 11 is 0. The molecule has 0 aliphatic heterocycles. The van der Waals surface area contributed by atoms with Crippen molar-refractivity contribution in [3.63, 3.8) is 0 Å². The van der Waals surface area contributed by atoms with Crippen molar-refractivity contribution in [2.45, 2.75) is 5.92 Å². The Balaban J connectivity index is 1.83. The minimum atomic E-state index is 0.146. The molecule has 0 saturated heterocycles. The first-order valence-corrected chi connectivity index (χ1v) is 7.82. The van der Waals surface area contributed by atoms with Gasteiger partial charge in [0.15, 0.2) is 0 Å². The Hall–Kier alpha value is -3.00. The van der Waals surface area contributed by atoms with Crippen LogP contribution in [0.25, 0.3) is 27.6 Å². The Morgan fingerprint density at radius 3 is 2.57 bits per heavy atom. The van der Waals surface area contributed by atoms with Crippen LogP contribution in [0, 0.1) is 0 Å². The topological polar surface area (TPSA) is 25.8 Å². The summed E-state index contributed by atoms with van der Waals surface area (Å²) in [5.74, 6) is 0.146. The van der Waals surface area contributed by atoms with Crippen LogP contribution in [0.15, 0.2) is 72.9 Å². The molecule has 3 aromatic carbocycles. The fourth-order valence-electron chi connectivity index (χ4n) is 3.62. The molecule has 1 atom stereocenters. The molecular weight excluding hydrogens is 280 g/mol. The van der Waals surface area contributed by atoms with Gasteiger partial charge in [-0.1, -0.05) is 72.8 Å². The third-order valence-corrected chi connectivity index (χ3v) is 4.67. The predicted molar refractivity (Wildman–Crippen MR) is 94.4 cm³/mol. The average Bonchev–Trinajstić information content (AvgIpc) is 2.62. The molecule has 0 spiro atoms. The van der Waals surface area contributed by atoms with Gasteiger partial charge in [-0.05, 0) is 21.9 Å². The summed E-state index contributed by atoms with van der Waals surface area (Å²) in [6.07, 6.45) is 6.29. The first kappa shape index (κ1) is 12.5. The maximum absolute atomic E-state index is 4.49. The van der Waals surface area contributed by atoms with Gasteiger partial charge in [-0.25, -0.2) is 0 Å². The molecule has 1 aliphatic rings. The maximum Gasteiger partial charge on any atom is 0.0822 e. The van der Waals surface area contributed by atoms with E-state index in [-0.39, 0.29) is 5.92 Å². The molecule has 0 saturated carbocycles. The highest BCUT2D eigenvalue weighted by molar-refractivity contribution is 5.97. The molecule has 1 unspecified atom stereocenters. The molecule has 2 nitrogen and oxygen atoms in total. The van der Waals surface area contributed by atoms with Gasteiger partial charge in [0.25, 0.3) is 0 Å². The minimum Gasteiger partial charge on any atom is -0.158 e. The van der Waals surface area contributed by atoms with Gasteiger partial charge in [-0.15, -0.1) is 0 Å². The lowest BCUT2D eigenvalue weighted by molar-refractivity contribution is 0.901. The van der Waals surface area contributed by atoms with E-state index in [2.05, 4.69) is 76.9 Å². The van der Waals surface area contributed by atoms with Crippen LogP contribution in [0.2, 0.25) is 0 Å². The molecule has 2 heteroatoms. The maximum atomic E-state index is 4.49. The van der Waals surface area contributed by atoms with Crippen molar-refractivity contribution >= 4 is 27.6 Å². The van der Waals surface area contributed by atoms with Crippen molar-refractivity contribution < 1.29 is 0 Å². The summed E-state index contributed by atoms with van der Waals surface area (Å²) in [7, 11) is 0. The second kappa shape index (κ2) is 4.75. The number of benzene rings is 3. The fourth-order valence-corrected chi connectivity index (χ4v) is 3.62. The van der Waals surface area contributed by atoms with Crippen LogP contribution < -0.4 is 0 Å². The number of rotatable bonds is 1. The van der Waals surface area contributed by atoms with Gasteiger partial charge in [0, 0.05) is 16.7 Å². The Morgan fingerprint density at radius 1 is 0.783 bits per heavy atom. The Labute approximate surface area is 134 Å². The van der Waals surface area contributed by atoms with E-state index < -0.39 is 0 Å². The number of fused-ring (bicyclic) bond motifs is 1. The molecule has 0 bridgehead atoms. The third kappa shape index (κ3) is 1.82. The van der Waals surface area contributed by atoms with Crippen LogP contribution in [-0.4, -0.2) is 10.2 Å². The lowest BCUT2D eigenvalue weighted by atomic mass is 9.83. The predicted octanol–water partition coefficient (Wildman–Crippen LogP) is 4.94. The Kier molecular flexibility index (Phi) is 2.59. The smallest absolute Gasteiger partial charge is 0.0822 e. The molecule has 1 heterocycles. The second-order valence-electron chi connectivity index (χ2n) is 5.95. The van der Waals surface area contributed by atoms with Crippen LogP contribution in [0.4, 0.5) is 0 Å². The van der Waals surface area contributed by atoms with Gasteiger partial charge in [-0.2, -0.15) is 10.2 Å².